The average molecular weight is 424 g/mol. The van der Waals surface area contributed by atoms with Crippen molar-refractivity contribution in [2.24, 2.45) is 5.92 Å². The number of halogens is 3. The molecule has 0 aliphatic heterocycles. The zero-order valence-corrected chi connectivity index (χ0v) is 16.9. The first-order valence-corrected chi connectivity index (χ1v) is 10.8. The minimum absolute atomic E-state index is 0.0945. The summed E-state index contributed by atoms with van der Waals surface area (Å²) in [5.41, 5.74) is 0.896. The van der Waals surface area contributed by atoms with Crippen molar-refractivity contribution in [3.8, 4) is 5.69 Å². The van der Waals surface area contributed by atoms with Gasteiger partial charge in [-0.25, -0.2) is 0 Å². The molecule has 0 saturated heterocycles. The molecule has 1 aromatic heterocycles. The third-order valence-corrected chi connectivity index (χ3v) is 6.32. The number of carbonyl (C=O) groups excluding carboxylic acids is 1. The Labute approximate surface area is 171 Å². The lowest BCUT2D eigenvalue weighted by Crippen LogP contribution is -2.46. The van der Waals surface area contributed by atoms with Gasteiger partial charge in [0.2, 0.25) is 5.91 Å². The Balaban J connectivity index is 1.51. The van der Waals surface area contributed by atoms with Crippen molar-refractivity contribution in [3.63, 3.8) is 0 Å². The molecule has 1 unspecified atom stereocenters. The van der Waals surface area contributed by atoms with E-state index in [1.54, 1.807) is 6.92 Å². The summed E-state index contributed by atoms with van der Waals surface area (Å²) in [6.07, 6.45) is -0.557. The van der Waals surface area contributed by atoms with Gasteiger partial charge in [-0.3, -0.25) is 9.36 Å². The number of nitrogens with zero attached hydrogens (tertiary/aromatic N) is 4. The molecule has 0 spiro atoms. The molecule has 2 saturated carbocycles. The number of alkyl halides is 3. The predicted octanol–water partition coefficient (Wildman–Crippen LogP) is 4.43. The van der Waals surface area contributed by atoms with E-state index < -0.39 is 24.7 Å². The molecule has 2 fully saturated rings. The smallest absolute Gasteiger partial charge is 0.330 e. The molecule has 4 rings (SSSR count). The summed E-state index contributed by atoms with van der Waals surface area (Å²) in [6, 6.07) is 9.20. The summed E-state index contributed by atoms with van der Waals surface area (Å²) >= 11 is 1.15. The van der Waals surface area contributed by atoms with Gasteiger partial charge in [-0.15, -0.1) is 10.2 Å². The zero-order valence-electron chi connectivity index (χ0n) is 16.1. The molecular formula is C20H23F3N4OS. The molecule has 0 radical (unpaired) electrons. The zero-order chi connectivity index (χ0) is 20.6. The maximum atomic E-state index is 13.0. The van der Waals surface area contributed by atoms with Crippen LogP contribution in [-0.2, 0) is 4.79 Å². The van der Waals surface area contributed by atoms with Gasteiger partial charge in [-0.1, -0.05) is 30.0 Å². The molecule has 9 heteroatoms. The van der Waals surface area contributed by atoms with Crippen LogP contribution in [0.25, 0.3) is 5.69 Å². The molecular weight excluding hydrogens is 401 g/mol. The lowest BCUT2D eigenvalue weighted by Gasteiger charge is -2.30. The Morgan fingerprint density at radius 2 is 1.90 bits per heavy atom. The monoisotopic (exact) mass is 424 g/mol. The number of hydrogen-bond acceptors (Lipinski definition) is 4. The normalized spacial score (nSPS) is 17.9. The maximum Gasteiger partial charge on any atom is 0.406 e. The molecule has 2 aliphatic carbocycles. The minimum Gasteiger partial charge on any atom is -0.330 e. The molecule has 1 aromatic carbocycles. The lowest BCUT2D eigenvalue weighted by molar-refractivity contribution is -0.164. The van der Waals surface area contributed by atoms with E-state index in [2.05, 4.69) is 10.2 Å². The second-order valence-electron chi connectivity index (χ2n) is 7.79. The molecule has 0 N–H and O–H groups in total. The van der Waals surface area contributed by atoms with Gasteiger partial charge in [0, 0.05) is 17.6 Å². The highest BCUT2D eigenvalue weighted by atomic mass is 32.2. The Morgan fingerprint density at radius 1 is 1.21 bits per heavy atom. The second kappa shape index (κ2) is 8.01. The number of aromatic nitrogens is 3. The van der Waals surface area contributed by atoms with Crippen LogP contribution >= 0.6 is 11.8 Å². The van der Waals surface area contributed by atoms with Gasteiger partial charge in [0.25, 0.3) is 0 Å². The van der Waals surface area contributed by atoms with Crippen LogP contribution in [0.5, 0.6) is 0 Å². The number of para-hydroxylation sites is 1. The first-order chi connectivity index (χ1) is 13.8. The number of rotatable bonds is 8. The van der Waals surface area contributed by atoms with E-state index in [0.717, 1.165) is 53.9 Å². The predicted molar refractivity (Wildman–Crippen MR) is 104 cm³/mol. The van der Waals surface area contributed by atoms with Gasteiger partial charge in [-0.2, -0.15) is 13.2 Å². The van der Waals surface area contributed by atoms with Gasteiger partial charge in [0.05, 0.1) is 5.75 Å². The van der Waals surface area contributed by atoms with Crippen LogP contribution in [0.4, 0.5) is 13.2 Å². The SMILES string of the molecule is CC(C1CC1)N(CC(F)(F)F)C(=O)CSc1nnc(C2CC2)n1-c1ccccc1. The number of hydrogen-bond donors (Lipinski definition) is 0. The van der Waals surface area contributed by atoms with Crippen molar-refractivity contribution in [2.45, 2.75) is 55.9 Å². The Kier molecular flexibility index (Phi) is 5.59. The molecule has 1 atom stereocenters. The summed E-state index contributed by atoms with van der Waals surface area (Å²) in [6.45, 7) is 0.506. The molecule has 0 bridgehead atoms. The quantitative estimate of drug-likeness (QED) is 0.589. The molecule has 29 heavy (non-hydrogen) atoms. The molecule has 2 aliphatic rings. The topological polar surface area (TPSA) is 51.0 Å². The number of thioether (sulfide) groups is 1. The molecule has 1 heterocycles. The van der Waals surface area contributed by atoms with Gasteiger partial charge in [0.1, 0.15) is 12.4 Å². The van der Waals surface area contributed by atoms with Crippen LogP contribution < -0.4 is 0 Å². The number of carbonyl (C=O) groups is 1. The Hall–Kier alpha value is -2.03. The minimum atomic E-state index is -4.41. The summed E-state index contributed by atoms with van der Waals surface area (Å²) in [4.78, 5) is 13.7. The maximum absolute atomic E-state index is 13.0. The van der Waals surface area contributed by atoms with Crippen molar-refractivity contribution in [1.29, 1.82) is 0 Å². The van der Waals surface area contributed by atoms with Crippen molar-refractivity contribution in [2.75, 3.05) is 12.3 Å². The molecule has 1 amide bonds. The highest BCUT2D eigenvalue weighted by Crippen LogP contribution is 2.41. The number of benzene rings is 1. The summed E-state index contributed by atoms with van der Waals surface area (Å²) < 4.78 is 41.0. The fraction of sp³-hybridized carbons (Fsp3) is 0.550. The van der Waals surface area contributed by atoms with E-state index in [4.69, 9.17) is 0 Å². The second-order valence-corrected chi connectivity index (χ2v) is 8.73. The first kappa shape index (κ1) is 20.3. The van der Waals surface area contributed by atoms with Crippen LogP contribution in [0.15, 0.2) is 35.5 Å². The van der Waals surface area contributed by atoms with E-state index >= 15 is 0 Å². The standard InChI is InChI=1S/C20H23F3N4OS/c1-13(14-7-8-14)26(12-20(21,22)23)17(28)11-29-19-25-24-18(15-9-10-15)27(19)16-5-3-2-4-6-16/h2-6,13-15H,7-12H2,1H3. The van der Waals surface area contributed by atoms with Gasteiger partial charge in [0.15, 0.2) is 5.16 Å². The van der Waals surface area contributed by atoms with E-state index in [0.29, 0.717) is 11.1 Å². The van der Waals surface area contributed by atoms with Crippen LogP contribution in [0.1, 0.15) is 44.3 Å². The highest BCUT2D eigenvalue weighted by Gasteiger charge is 2.40. The number of amides is 1. The average Bonchev–Trinajstić information content (AvgIpc) is 3.61. The fourth-order valence-electron chi connectivity index (χ4n) is 3.50. The van der Waals surface area contributed by atoms with Crippen LogP contribution in [0, 0.1) is 5.92 Å². The highest BCUT2D eigenvalue weighted by molar-refractivity contribution is 7.99. The largest absolute Gasteiger partial charge is 0.406 e. The van der Waals surface area contributed by atoms with E-state index in [-0.39, 0.29) is 11.7 Å². The van der Waals surface area contributed by atoms with Crippen molar-refractivity contribution >= 4 is 17.7 Å². The molecule has 2 aromatic rings. The van der Waals surface area contributed by atoms with Gasteiger partial charge < -0.3 is 4.90 Å². The van der Waals surface area contributed by atoms with Crippen LogP contribution in [0.3, 0.4) is 0 Å². The van der Waals surface area contributed by atoms with Crippen molar-refractivity contribution in [1.82, 2.24) is 19.7 Å². The van der Waals surface area contributed by atoms with E-state index in [1.165, 1.54) is 0 Å². The fourth-order valence-corrected chi connectivity index (χ4v) is 4.34. The summed E-state index contributed by atoms with van der Waals surface area (Å²) in [5.74, 6) is 0.764. The van der Waals surface area contributed by atoms with Crippen molar-refractivity contribution in [3.05, 3.63) is 36.2 Å². The van der Waals surface area contributed by atoms with Crippen molar-refractivity contribution < 1.29 is 18.0 Å². The molecule has 156 valence electrons. The third-order valence-electron chi connectivity index (χ3n) is 5.41. The Bertz CT molecular complexity index is 862. The van der Waals surface area contributed by atoms with Gasteiger partial charge >= 0.3 is 6.18 Å². The lowest BCUT2D eigenvalue weighted by atomic mass is 10.2. The van der Waals surface area contributed by atoms with Crippen LogP contribution in [-0.4, -0.2) is 50.1 Å². The first-order valence-electron chi connectivity index (χ1n) is 9.83. The Morgan fingerprint density at radius 3 is 2.48 bits per heavy atom. The van der Waals surface area contributed by atoms with E-state index in [1.807, 2.05) is 34.9 Å². The summed E-state index contributed by atoms with van der Waals surface area (Å²) in [7, 11) is 0. The molecule has 5 nitrogen and oxygen atoms in total. The van der Waals surface area contributed by atoms with E-state index in [9.17, 15) is 18.0 Å². The van der Waals surface area contributed by atoms with Gasteiger partial charge in [-0.05, 0) is 50.7 Å². The third kappa shape index (κ3) is 4.94. The van der Waals surface area contributed by atoms with Crippen LogP contribution in [0.2, 0.25) is 0 Å². The summed E-state index contributed by atoms with van der Waals surface area (Å²) in [5, 5.41) is 9.07.